The first-order valence-electron chi connectivity index (χ1n) is 8.14. The van der Waals surface area contributed by atoms with Crippen molar-refractivity contribution in [2.45, 2.75) is 18.2 Å². The third-order valence-electron chi connectivity index (χ3n) is 4.36. The second-order valence-corrected chi connectivity index (χ2v) is 7.69. The summed E-state index contributed by atoms with van der Waals surface area (Å²) in [4.78, 5) is 25.8. The molecule has 1 aliphatic rings. The predicted molar refractivity (Wildman–Crippen MR) is 100 cm³/mol. The molecule has 3 rings (SSSR count). The number of hydrogen-bond donors (Lipinski definition) is 2. The van der Waals surface area contributed by atoms with Gasteiger partial charge in [0.2, 0.25) is 15.9 Å². The highest BCUT2D eigenvalue weighted by molar-refractivity contribution is 7.89. The SMILES string of the molecule is COc1ccc(S(N)(=O)=O)cc1C(=O)Nc1ccc2c(c1)CCN2C(C)=O. The molecule has 1 aliphatic heterocycles. The molecule has 0 radical (unpaired) electrons. The molecule has 0 bridgehead atoms. The number of amides is 2. The second-order valence-electron chi connectivity index (χ2n) is 6.13. The van der Waals surface area contributed by atoms with Crippen LogP contribution in [0.4, 0.5) is 11.4 Å². The van der Waals surface area contributed by atoms with E-state index < -0.39 is 15.9 Å². The highest BCUT2D eigenvalue weighted by Gasteiger charge is 2.23. The molecule has 0 spiro atoms. The Labute approximate surface area is 157 Å². The molecule has 9 heteroatoms. The van der Waals surface area contributed by atoms with Crippen LogP contribution in [0.1, 0.15) is 22.8 Å². The first kappa shape index (κ1) is 18.9. The van der Waals surface area contributed by atoms with E-state index in [0.29, 0.717) is 18.7 Å². The Bertz CT molecular complexity index is 1030. The van der Waals surface area contributed by atoms with Gasteiger partial charge in [-0.25, -0.2) is 13.6 Å². The average molecular weight is 389 g/mol. The van der Waals surface area contributed by atoms with Crippen LogP contribution < -0.4 is 20.1 Å². The van der Waals surface area contributed by atoms with Gasteiger partial charge in [0.05, 0.1) is 17.6 Å². The number of carbonyl (C=O) groups excluding carboxylic acids is 2. The number of sulfonamides is 1. The summed E-state index contributed by atoms with van der Waals surface area (Å²) in [5.74, 6) is -0.336. The van der Waals surface area contributed by atoms with Gasteiger partial charge in [0.15, 0.2) is 0 Å². The Morgan fingerprint density at radius 3 is 2.56 bits per heavy atom. The van der Waals surface area contributed by atoms with Crippen LogP contribution in [-0.2, 0) is 21.2 Å². The monoisotopic (exact) mass is 389 g/mol. The fraction of sp³-hybridized carbons (Fsp3) is 0.222. The minimum atomic E-state index is -3.95. The Morgan fingerprint density at radius 1 is 1.19 bits per heavy atom. The van der Waals surface area contributed by atoms with Gasteiger partial charge in [0.1, 0.15) is 5.75 Å². The van der Waals surface area contributed by atoms with E-state index in [9.17, 15) is 18.0 Å². The molecule has 2 aromatic rings. The highest BCUT2D eigenvalue weighted by atomic mass is 32.2. The van der Waals surface area contributed by atoms with E-state index in [0.717, 1.165) is 11.3 Å². The zero-order valence-corrected chi connectivity index (χ0v) is 15.7. The number of fused-ring (bicyclic) bond motifs is 1. The van der Waals surface area contributed by atoms with Gasteiger partial charge in [-0.2, -0.15) is 0 Å². The summed E-state index contributed by atoms with van der Waals surface area (Å²) in [6.07, 6.45) is 0.697. The lowest BCUT2D eigenvalue weighted by atomic mass is 10.1. The fourth-order valence-corrected chi connectivity index (χ4v) is 3.59. The van der Waals surface area contributed by atoms with Crippen molar-refractivity contribution in [2.75, 3.05) is 23.9 Å². The fourth-order valence-electron chi connectivity index (χ4n) is 3.05. The highest BCUT2D eigenvalue weighted by Crippen LogP contribution is 2.31. The van der Waals surface area contributed by atoms with Crippen molar-refractivity contribution >= 4 is 33.2 Å². The number of ether oxygens (including phenoxy) is 1. The number of rotatable bonds is 4. The summed E-state index contributed by atoms with van der Waals surface area (Å²) < 4.78 is 28.3. The van der Waals surface area contributed by atoms with Crippen LogP contribution in [0.2, 0.25) is 0 Å². The molecule has 0 saturated carbocycles. The maximum atomic E-state index is 12.7. The van der Waals surface area contributed by atoms with Crippen LogP contribution in [-0.4, -0.2) is 33.9 Å². The number of benzene rings is 2. The molecule has 27 heavy (non-hydrogen) atoms. The van der Waals surface area contributed by atoms with Crippen molar-refractivity contribution in [3.63, 3.8) is 0 Å². The van der Waals surface area contributed by atoms with Crippen molar-refractivity contribution in [3.05, 3.63) is 47.5 Å². The largest absolute Gasteiger partial charge is 0.496 e. The third-order valence-corrected chi connectivity index (χ3v) is 5.27. The lowest BCUT2D eigenvalue weighted by Crippen LogP contribution is -2.25. The molecule has 1 heterocycles. The molecule has 142 valence electrons. The first-order valence-corrected chi connectivity index (χ1v) is 9.68. The lowest BCUT2D eigenvalue weighted by Gasteiger charge is -2.15. The van der Waals surface area contributed by atoms with Crippen molar-refractivity contribution in [2.24, 2.45) is 5.14 Å². The number of nitrogens with two attached hydrogens (primary N) is 1. The number of anilines is 2. The summed E-state index contributed by atoms with van der Waals surface area (Å²) in [6.45, 7) is 2.11. The van der Waals surface area contributed by atoms with Crippen LogP contribution in [0.15, 0.2) is 41.3 Å². The first-order chi connectivity index (χ1) is 12.7. The summed E-state index contributed by atoms with van der Waals surface area (Å²) >= 11 is 0. The van der Waals surface area contributed by atoms with Gasteiger partial charge in [-0.3, -0.25) is 9.59 Å². The Balaban J connectivity index is 1.89. The van der Waals surface area contributed by atoms with Gasteiger partial charge in [0, 0.05) is 24.8 Å². The molecular weight excluding hydrogens is 370 g/mol. The minimum absolute atomic E-state index is 0.0323. The van der Waals surface area contributed by atoms with Crippen LogP contribution in [0.3, 0.4) is 0 Å². The molecule has 0 unspecified atom stereocenters. The van der Waals surface area contributed by atoms with Crippen molar-refractivity contribution in [1.29, 1.82) is 0 Å². The Hall–Kier alpha value is -2.91. The molecule has 0 atom stereocenters. The minimum Gasteiger partial charge on any atom is -0.496 e. The smallest absolute Gasteiger partial charge is 0.259 e. The number of primary sulfonamides is 1. The van der Waals surface area contributed by atoms with Gasteiger partial charge < -0.3 is 15.0 Å². The number of carbonyl (C=O) groups is 2. The maximum absolute atomic E-state index is 12.7. The van der Waals surface area contributed by atoms with E-state index in [-0.39, 0.29) is 22.1 Å². The topological polar surface area (TPSA) is 119 Å². The van der Waals surface area contributed by atoms with Crippen molar-refractivity contribution < 1.29 is 22.7 Å². The van der Waals surface area contributed by atoms with Crippen LogP contribution in [0, 0.1) is 0 Å². The normalized spacial score (nSPS) is 13.2. The molecule has 0 fully saturated rings. The zero-order valence-electron chi connectivity index (χ0n) is 14.9. The summed E-state index contributed by atoms with van der Waals surface area (Å²) in [5.41, 5.74) is 2.37. The third kappa shape index (κ3) is 3.79. The Kier molecular flexibility index (Phi) is 4.90. The molecule has 0 aliphatic carbocycles. The quantitative estimate of drug-likeness (QED) is 0.821. The van der Waals surface area contributed by atoms with E-state index in [1.165, 1.54) is 32.2 Å². The van der Waals surface area contributed by atoms with E-state index in [1.807, 2.05) is 0 Å². The van der Waals surface area contributed by atoms with Crippen molar-refractivity contribution in [3.8, 4) is 5.75 Å². The summed E-state index contributed by atoms with van der Waals surface area (Å²) in [6, 6.07) is 9.09. The van der Waals surface area contributed by atoms with E-state index in [2.05, 4.69) is 5.32 Å². The molecular formula is C18H19N3O5S. The average Bonchev–Trinajstić information content (AvgIpc) is 3.03. The van der Waals surface area contributed by atoms with Gasteiger partial charge in [-0.15, -0.1) is 0 Å². The standard InChI is InChI=1S/C18H19N3O5S/c1-11(22)21-8-7-12-9-13(3-5-16(12)21)20-18(23)15-10-14(27(19,24)25)4-6-17(15)26-2/h3-6,9-10H,7-8H2,1-2H3,(H,20,23)(H2,19,24,25). The van der Waals surface area contributed by atoms with E-state index in [4.69, 9.17) is 9.88 Å². The summed E-state index contributed by atoms with van der Waals surface area (Å²) in [7, 11) is -2.57. The van der Waals surface area contributed by atoms with Gasteiger partial charge in [-0.1, -0.05) is 0 Å². The number of nitrogens with zero attached hydrogens (tertiary/aromatic N) is 1. The molecule has 0 saturated heterocycles. The zero-order chi connectivity index (χ0) is 19.8. The molecule has 2 amide bonds. The van der Waals surface area contributed by atoms with Gasteiger partial charge in [-0.05, 0) is 48.4 Å². The van der Waals surface area contributed by atoms with Gasteiger partial charge in [0.25, 0.3) is 5.91 Å². The van der Waals surface area contributed by atoms with E-state index in [1.54, 1.807) is 23.1 Å². The maximum Gasteiger partial charge on any atom is 0.259 e. The predicted octanol–water partition coefficient (Wildman–Crippen LogP) is 1.50. The van der Waals surface area contributed by atoms with Gasteiger partial charge >= 0.3 is 0 Å². The van der Waals surface area contributed by atoms with Crippen molar-refractivity contribution in [1.82, 2.24) is 0 Å². The molecule has 8 nitrogen and oxygen atoms in total. The Morgan fingerprint density at radius 2 is 1.93 bits per heavy atom. The molecule has 0 aromatic heterocycles. The van der Waals surface area contributed by atoms with E-state index >= 15 is 0 Å². The summed E-state index contributed by atoms with van der Waals surface area (Å²) in [5, 5.41) is 7.86. The second kappa shape index (κ2) is 7.01. The van der Waals surface area contributed by atoms with Crippen LogP contribution in [0.25, 0.3) is 0 Å². The number of methoxy groups -OCH3 is 1. The number of nitrogens with one attached hydrogen (secondary N) is 1. The molecule has 3 N–H and O–H groups in total. The molecule has 2 aromatic carbocycles. The van der Waals surface area contributed by atoms with Crippen LogP contribution in [0.5, 0.6) is 5.75 Å². The lowest BCUT2D eigenvalue weighted by molar-refractivity contribution is -0.116. The van der Waals surface area contributed by atoms with Crippen LogP contribution >= 0.6 is 0 Å². The number of hydrogen-bond acceptors (Lipinski definition) is 5.